The second kappa shape index (κ2) is 3.40. The highest BCUT2D eigenvalue weighted by atomic mass is 19.1. The van der Waals surface area contributed by atoms with Crippen molar-refractivity contribution in [2.24, 2.45) is 0 Å². The number of halogens is 1. The van der Waals surface area contributed by atoms with Crippen molar-refractivity contribution in [2.45, 2.75) is 0 Å². The van der Waals surface area contributed by atoms with E-state index in [9.17, 15) is 4.39 Å². The fourth-order valence-corrected chi connectivity index (χ4v) is 1.41. The summed E-state index contributed by atoms with van der Waals surface area (Å²) >= 11 is 0. The zero-order chi connectivity index (χ0) is 10.1. The lowest BCUT2D eigenvalue weighted by Gasteiger charge is -2.02. The van der Waals surface area contributed by atoms with Crippen LogP contribution < -0.4 is 5.46 Å². The van der Waals surface area contributed by atoms with E-state index < -0.39 is 7.12 Å². The summed E-state index contributed by atoms with van der Waals surface area (Å²) in [7, 11) is -1.56. The lowest BCUT2D eigenvalue weighted by Crippen LogP contribution is -2.29. The molecule has 70 valence electrons. The van der Waals surface area contributed by atoms with Gasteiger partial charge in [0.15, 0.2) is 0 Å². The third-order valence-electron chi connectivity index (χ3n) is 2.15. The zero-order valence-electron chi connectivity index (χ0n) is 7.31. The van der Waals surface area contributed by atoms with Crippen LogP contribution in [0.25, 0.3) is 10.8 Å². The normalized spacial score (nSPS) is 10.5. The van der Waals surface area contributed by atoms with Crippen molar-refractivity contribution in [2.75, 3.05) is 0 Å². The molecule has 0 aliphatic rings. The van der Waals surface area contributed by atoms with Crippen LogP contribution in [-0.2, 0) is 0 Å². The molecule has 0 heterocycles. The molecule has 0 atom stereocenters. The summed E-state index contributed by atoms with van der Waals surface area (Å²) in [5.74, 6) is -0.356. The molecule has 0 amide bonds. The monoisotopic (exact) mass is 190 g/mol. The number of rotatable bonds is 1. The SMILES string of the molecule is OB(O)c1ccc2cccc(F)c2c1. The van der Waals surface area contributed by atoms with E-state index in [1.165, 1.54) is 12.1 Å². The van der Waals surface area contributed by atoms with Gasteiger partial charge in [-0.3, -0.25) is 0 Å². The number of benzene rings is 2. The van der Waals surface area contributed by atoms with Gasteiger partial charge >= 0.3 is 7.12 Å². The fraction of sp³-hybridized carbons (Fsp3) is 0. The first-order valence-electron chi connectivity index (χ1n) is 4.23. The molecule has 0 bridgehead atoms. The van der Waals surface area contributed by atoms with E-state index in [0.29, 0.717) is 10.8 Å². The molecule has 2 nitrogen and oxygen atoms in total. The maximum absolute atomic E-state index is 13.3. The van der Waals surface area contributed by atoms with Crippen molar-refractivity contribution in [3.05, 3.63) is 42.2 Å². The van der Waals surface area contributed by atoms with Crippen LogP contribution in [0.2, 0.25) is 0 Å². The van der Waals surface area contributed by atoms with E-state index in [4.69, 9.17) is 10.0 Å². The third kappa shape index (κ3) is 1.50. The van der Waals surface area contributed by atoms with E-state index in [-0.39, 0.29) is 5.82 Å². The number of hydrogen-bond acceptors (Lipinski definition) is 2. The van der Waals surface area contributed by atoms with Gasteiger partial charge in [-0.15, -0.1) is 0 Å². The topological polar surface area (TPSA) is 40.5 Å². The minimum absolute atomic E-state index is 0.294. The Bertz CT molecular complexity index is 471. The standard InChI is InChI=1S/C10H8BFO2/c12-10-3-1-2-7-4-5-8(11(13)14)6-9(7)10/h1-6,13-14H. The summed E-state index contributed by atoms with van der Waals surface area (Å²) in [6.45, 7) is 0. The molecular formula is C10H8BFO2. The summed E-state index contributed by atoms with van der Waals surface area (Å²) in [6, 6.07) is 9.39. The summed E-state index contributed by atoms with van der Waals surface area (Å²) in [5.41, 5.74) is 0.294. The van der Waals surface area contributed by atoms with Gasteiger partial charge in [0.25, 0.3) is 0 Å². The summed E-state index contributed by atoms with van der Waals surface area (Å²) in [6.07, 6.45) is 0. The number of fused-ring (bicyclic) bond motifs is 1. The molecule has 0 aliphatic carbocycles. The van der Waals surface area contributed by atoms with Gasteiger partial charge in [-0.25, -0.2) is 4.39 Å². The molecule has 2 aromatic rings. The lowest BCUT2D eigenvalue weighted by atomic mass is 9.79. The van der Waals surface area contributed by atoms with Crippen molar-refractivity contribution in [1.29, 1.82) is 0 Å². The minimum atomic E-state index is -1.56. The van der Waals surface area contributed by atoms with E-state index >= 15 is 0 Å². The van der Waals surface area contributed by atoms with Gasteiger partial charge in [0.1, 0.15) is 5.82 Å². The molecule has 14 heavy (non-hydrogen) atoms. The summed E-state index contributed by atoms with van der Waals surface area (Å²) in [4.78, 5) is 0. The third-order valence-corrected chi connectivity index (χ3v) is 2.15. The number of hydrogen-bond donors (Lipinski definition) is 2. The van der Waals surface area contributed by atoms with E-state index in [0.717, 1.165) is 5.39 Å². The van der Waals surface area contributed by atoms with Gasteiger partial charge in [0.2, 0.25) is 0 Å². The second-order valence-corrected chi connectivity index (χ2v) is 3.09. The average molecular weight is 190 g/mol. The van der Waals surface area contributed by atoms with Crippen LogP contribution >= 0.6 is 0 Å². The first kappa shape index (κ1) is 9.18. The first-order valence-corrected chi connectivity index (χ1v) is 4.23. The maximum Gasteiger partial charge on any atom is 0.488 e. The Labute approximate surface area is 80.8 Å². The molecule has 2 rings (SSSR count). The Balaban J connectivity index is 2.70. The van der Waals surface area contributed by atoms with Crippen LogP contribution in [0.3, 0.4) is 0 Å². The molecule has 0 saturated carbocycles. The van der Waals surface area contributed by atoms with Crippen LogP contribution in [0.15, 0.2) is 36.4 Å². The van der Waals surface area contributed by atoms with Gasteiger partial charge in [0, 0.05) is 5.39 Å². The van der Waals surface area contributed by atoms with Gasteiger partial charge in [-0.1, -0.05) is 30.3 Å². The molecular weight excluding hydrogens is 182 g/mol. The quantitative estimate of drug-likeness (QED) is 0.648. The Morgan fingerprint density at radius 2 is 1.86 bits per heavy atom. The molecule has 2 N–H and O–H groups in total. The summed E-state index contributed by atoms with van der Waals surface area (Å²) in [5, 5.41) is 19.0. The van der Waals surface area contributed by atoms with Crippen LogP contribution in [0.1, 0.15) is 0 Å². The van der Waals surface area contributed by atoms with Crippen molar-refractivity contribution in [1.82, 2.24) is 0 Å². The molecule has 0 radical (unpaired) electrons. The van der Waals surface area contributed by atoms with E-state index in [1.54, 1.807) is 24.3 Å². The highest BCUT2D eigenvalue weighted by Crippen LogP contribution is 2.15. The highest BCUT2D eigenvalue weighted by molar-refractivity contribution is 6.58. The Hall–Kier alpha value is -1.39. The smallest absolute Gasteiger partial charge is 0.423 e. The molecule has 0 spiro atoms. The van der Waals surface area contributed by atoms with Crippen LogP contribution in [0.5, 0.6) is 0 Å². The molecule has 0 fully saturated rings. The molecule has 0 unspecified atom stereocenters. The fourth-order valence-electron chi connectivity index (χ4n) is 1.41. The Morgan fingerprint density at radius 3 is 2.57 bits per heavy atom. The molecule has 0 aromatic heterocycles. The average Bonchev–Trinajstić information content (AvgIpc) is 2.18. The van der Waals surface area contributed by atoms with Crippen molar-refractivity contribution in [3.63, 3.8) is 0 Å². The van der Waals surface area contributed by atoms with Gasteiger partial charge < -0.3 is 10.0 Å². The van der Waals surface area contributed by atoms with Gasteiger partial charge in [0.05, 0.1) is 0 Å². The molecule has 4 heteroatoms. The first-order chi connectivity index (χ1) is 6.68. The summed E-state index contributed by atoms with van der Waals surface area (Å²) < 4.78 is 13.3. The van der Waals surface area contributed by atoms with Gasteiger partial charge in [-0.05, 0) is 16.9 Å². The van der Waals surface area contributed by atoms with E-state index in [2.05, 4.69) is 0 Å². The zero-order valence-corrected chi connectivity index (χ0v) is 7.31. The highest BCUT2D eigenvalue weighted by Gasteiger charge is 2.11. The lowest BCUT2D eigenvalue weighted by molar-refractivity contribution is 0.426. The van der Waals surface area contributed by atoms with Crippen LogP contribution in [0.4, 0.5) is 4.39 Å². The van der Waals surface area contributed by atoms with Gasteiger partial charge in [-0.2, -0.15) is 0 Å². The second-order valence-electron chi connectivity index (χ2n) is 3.09. The molecule has 0 aliphatic heterocycles. The Kier molecular flexibility index (Phi) is 2.23. The molecule has 0 saturated heterocycles. The van der Waals surface area contributed by atoms with Crippen molar-refractivity contribution in [3.8, 4) is 0 Å². The maximum atomic E-state index is 13.3. The Morgan fingerprint density at radius 1 is 1.07 bits per heavy atom. The predicted molar refractivity (Wildman–Crippen MR) is 53.7 cm³/mol. The van der Waals surface area contributed by atoms with Crippen LogP contribution in [-0.4, -0.2) is 17.2 Å². The van der Waals surface area contributed by atoms with Crippen LogP contribution in [0, 0.1) is 5.82 Å². The van der Waals surface area contributed by atoms with Crippen molar-refractivity contribution >= 4 is 23.4 Å². The largest absolute Gasteiger partial charge is 0.488 e. The predicted octanol–water partition coefficient (Wildman–Crippen LogP) is 0.659. The van der Waals surface area contributed by atoms with Crippen molar-refractivity contribution < 1.29 is 14.4 Å². The molecule has 2 aromatic carbocycles. The minimum Gasteiger partial charge on any atom is -0.423 e. The van der Waals surface area contributed by atoms with E-state index in [1.807, 2.05) is 0 Å².